The monoisotopic (exact) mass is 426 g/mol. The van der Waals surface area contributed by atoms with Gasteiger partial charge in [0.25, 0.3) is 0 Å². The zero-order valence-corrected chi connectivity index (χ0v) is 16.9. The number of benzene rings is 2. The molecule has 0 spiro atoms. The highest BCUT2D eigenvalue weighted by Gasteiger charge is 2.12. The first kappa shape index (κ1) is 19.4. The molecule has 3 rings (SSSR count). The van der Waals surface area contributed by atoms with Crippen LogP contribution in [0.2, 0.25) is 0 Å². The minimum absolute atomic E-state index is 0.498. The van der Waals surface area contributed by atoms with Gasteiger partial charge in [0.1, 0.15) is 6.61 Å². The Labute approximate surface area is 168 Å². The zero-order valence-electron chi connectivity index (χ0n) is 15.3. The molecule has 2 aromatic carbocycles. The third-order valence-corrected chi connectivity index (χ3v) is 4.57. The van der Waals surface area contributed by atoms with E-state index in [9.17, 15) is 0 Å². The Morgan fingerprint density at radius 2 is 1.70 bits per heavy atom. The van der Waals surface area contributed by atoms with E-state index < -0.39 is 0 Å². The molecule has 140 valence electrons. The van der Waals surface area contributed by atoms with Gasteiger partial charge in [-0.2, -0.15) is 0 Å². The maximum atomic E-state index is 6.03. The Kier molecular flexibility index (Phi) is 7.25. The van der Waals surface area contributed by atoms with Crippen molar-refractivity contribution < 1.29 is 9.47 Å². The van der Waals surface area contributed by atoms with E-state index in [0.29, 0.717) is 13.2 Å². The third-order valence-electron chi connectivity index (χ3n) is 3.98. The smallest absolute Gasteiger partial charge is 0.175 e. The predicted molar refractivity (Wildman–Crippen MR) is 111 cm³/mol. The summed E-state index contributed by atoms with van der Waals surface area (Å²) in [5, 5.41) is 3.43. The van der Waals surface area contributed by atoms with Gasteiger partial charge in [-0.15, -0.1) is 0 Å². The molecule has 0 aliphatic rings. The Hall–Kier alpha value is -2.37. The summed E-state index contributed by atoms with van der Waals surface area (Å²) >= 11 is 3.64. The Balaban J connectivity index is 1.67. The van der Waals surface area contributed by atoms with Crippen molar-refractivity contribution in [3.63, 3.8) is 0 Å². The Bertz CT molecular complexity index is 842. The van der Waals surface area contributed by atoms with Crippen molar-refractivity contribution in [1.82, 2.24) is 10.3 Å². The molecule has 0 saturated heterocycles. The summed E-state index contributed by atoms with van der Waals surface area (Å²) in [6, 6.07) is 18.2. The lowest BCUT2D eigenvalue weighted by atomic mass is 10.2. The molecular weight excluding hydrogens is 404 g/mol. The number of ether oxygens (including phenoxy) is 2. The highest BCUT2D eigenvalue weighted by atomic mass is 79.9. The molecule has 3 aromatic rings. The van der Waals surface area contributed by atoms with Crippen molar-refractivity contribution in [2.24, 2.45) is 0 Å². The lowest BCUT2D eigenvalue weighted by Gasteiger charge is -2.16. The first-order chi connectivity index (χ1) is 13.3. The second-order valence-corrected chi connectivity index (χ2v) is 6.93. The quantitative estimate of drug-likeness (QED) is 0.515. The molecule has 0 aliphatic heterocycles. The standard InChI is InChI=1S/C22H23BrN2O2/c1-2-26-21-12-19(15-25-14-18-9-6-10-24-13-18)11-20(23)22(21)27-16-17-7-4-3-5-8-17/h3-13,25H,2,14-16H2,1H3. The summed E-state index contributed by atoms with van der Waals surface area (Å²) < 4.78 is 12.7. The average molecular weight is 427 g/mol. The van der Waals surface area contributed by atoms with Gasteiger partial charge >= 0.3 is 0 Å². The summed E-state index contributed by atoms with van der Waals surface area (Å²) in [7, 11) is 0. The van der Waals surface area contributed by atoms with Crippen LogP contribution in [0.1, 0.15) is 23.6 Å². The van der Waals surface area contributed by atoms with E-state index in [1.54, 1.807) is 6.20 Å². The fourth-order valence-electron chi connectivity index (χ4n) is 2.71. The number of hydrogen-bond acceptors (Lipinski definition) is 4. The summed E-state index contributed by atoms with van der Waals surface area (Å²) in [5.41, 5.74) is 3.40. The molecule has 0 aliphatic carbocycles. The van der Waals surface area contributed by atoms with Gasteiger partial charge in [0.05, 0.1) is 11.1 Å². The Morgan fingerprint density at radius 1 is 0.926 bits per heavy atom. The van der Waals surface area contributed by atoms with E-state index in [1.165, 1.54) is 0 Å². The number of nitrogens with one attached hydrogen (secondary N) is 1. The van der Waals surface area contributed by atoms with Gasteiger partial charge in [-0.1, -0.05) is 36.4 Å². The van der Waals surface area contributed by atoms with Crippen LogP contribution in [0.5, 0.6) is 11.5 Å². The molecule has 0 atom stereocenters. The third kappa shape index (κ3) is 5.81. The van der Waals surface area contributed by atoms with Crippen LogP contribution in [0.3, 0.4) is 0 Å². The predicted octanol–water partition coefficient (Wildman–Crippen LogP) is 5.11. The number of hydrogen-bond donors (Lipinski definition) is 1. The van der Waals surface area contributed by atoms with Gasteiger partial charge < -0.3 is 14.8 Å². The molecule has 0 bridgehead atoms. The molecule has 1 N–H and O–H groups in total. The number of aromatic nitrogens is 1. The maximum absolute atomic E-state index is 6.03. The molecule has 4 nitrogen and oxygen atoms in total. The van der Waals surface area contributed by atoms with Crippen molar-refractivity contribution in [1.29, 1.82) is 0 Å². The molecule has 0 saturated carbocycles. The van der Waals surface area contributed by atoms with Crippen molar-refractivity contribution in [2.45, 2.75) is 26.6 Å². The van der Waals surface area contributed by atoms with Gasteiger partial charge in [-0.05, 0) is 57.7 Å². The van der Waals surface area contributed by atoms with E-state index in [1.807, 2.05) is 55.6 Å². The van der Waals surface area contributed by atoms with Crippen LogP contribution in [0.15, 0.2) is 71.5 Å². The second kappa shape index (κ2) is 10.1. The number of pyridine rings is 1. The van der Waals surface area contributed by atoms with Crippen LogP contribution < -0.4 is 14.8 Å². The summed E-state index contributed by atoms with van der Waals surface area (Å²) in [5.74, 6) is 1.48. The first-order valence-electron chi connectivity index (χ1n) is 8.98. The molecule has 1 aromatic heterocycles. The molecule has 1 heterocycles. The second-order valence-electron chi connectivity index (χ2n) is 6.08. The van der Waals surface area contributed by atoms with Crippen molar-refractivity contribution >= 4 is 15.9 Å². The highest BCUT2D eigenvalue weighted by Crippen LogP contribution is 2.37. The lowest BCUT2D eigenvalue weighted by Crippen LogP contribution is -2.13. The lowest BCUT2D eigenvalue weighted by molar-refractivity contribution is 0.267. The fraction of sp³-hybridized carbons (Fsp3) is 0.227. The molecule has 0 unspecified atom stereocenters. The maximum Gasteiger partial charge on any atom is 0.175 e. The minimum Gasteiger partial charge on any atom is -0.490 e. The molecule has 27 heavy (non-hydrogen) atoms. The van der Waals surface area contributed by atoms with Crippen LogP contribution in [-0.4, -0.2) is 11.6 Å². The molecule has 0 amide bonds. The van der Waals surface area contributed by atoms with Crippen LogP contribution in [0.25, 0.3) is 0 Å². The van der Waals surface area contributed by atoms with Crippen LogP contribution in [0, 0.1) is 0 Å². The van der Waals surface area contributed by atoms with Gasteiger partial charge in [0.2, 0.25) is 0 Å². The summed E-state index contributed by atoms with van der Waals surface area (Å²) in [4.78, 5) is 4.14. The minimum atomic E-state index is 0.498. The number of halogens is 1. The van der Waals surface area contributed by atoms with E-state index in [-0.39, 0.29) is 0 Å². The summed E-state index contributed by atoms with van der Waals surface area (Å²) in [6.07, 6.45) is 3.65. The normalized spacial score (nSPS) is 10.6. The fourth-order valence-corrected chi connectivity index (χ4v) is 3.31. The number of nitrogens with zero attached hydrogens (tertiary/aromatic N) is 1. The van der Waals surface area contributed by atoms with E-state index in [0.717, 1.165) is 45.8 Å². The van der Waals surface area contributed by atoms with Gasteiger partial charge in [-0.25, -0.2) is 0 Å². The first-order valence-corrected chi connectivity index (χ1v) is 9.77. The highest BCUT2D eigenvalue weighted by molar-refractivity contribution is 9.10. The van der Waals surface area contributed by atoms with Crippen molar-refractivity contribution in [3.8, 4) is 11.5 Å². The van der Waals surface area contributed by atoms with Gasteiger partial charge in [0, 0.05) is 25.5 Å². The van der Waals surface area contributed by atoms with Crippen LogP contribution in [-0.2, 0) is 19.7 Å². The molecule has 5 heteroatoms. The average Bonchev–Trinajstić information content (AvgIpc) is 2.69. The van der Waals surface area contributed by atoms with Crippen LogP contribution >= 0.6 is 15.9 Å². The topological polar surface area (TPSA) is 43.4 Å². The Morgan fingerprint density at radius 3 is 2.44 bits per heavy atom. The largest absolute Gasteiger partial charge is 0.490 e. The van der Waals surface area contributed by atoms with Crippen molar-refractivity contribution in [3.05, 3.63) is 88.2 Å². The van der Waals surface area contributed by atoms with Crippen molar-refractivity contribution in [2.75, 3.05) is 6.61 Å². The van der Waals surface area contributed by atoms with E-state index in [2.05, 4.69) is 38.4 Å². The van der Waals surface area contributed by atoms with Gasteiger partial charge in [0.15, 0.2) is 11.5 Å². The molecule has 0 radical (unpaired) electrons. The molecular formula is C22H23BrN2O2. The zero-order chi connectivity index (χ0) is 18.9. The summed E-state index contributed by atoms with van der Waals surface area (Å²) in [6.45, 7) is 4.55. The SMILES string of the molecule is CCOc1cc(CNCc2cccnc2)cc(Br)c1OCc1ccccc1. The van der Waals surface area contributed by atoms with E-state index in [4.69, 9.17) is 9.47 Å². The number of rotatable bonds is 9. The van der Waals surface area contributed by atoms with Gasteiger partial charge in [-0.3, -0.25) is 4.98 Å². The molecule has 0 fully saturated rings. The van der Waals surface area contributed by atoms with Crippen LogP contribution in [0.4, 0.5) is 0 Å². The van der Waals surface area contributed by atoms with E-state index >= 15 is 0 Å².